The first-order chi connectivity index (χ1) is 7.68. The fraction of sp³-hybridized carbons (Fsp3) is 0.615. The van der Waals surface area contributed by atoms with E-state index in [9.17, 15) is 0 Å². The van der Waals surface area contributed by atoms with Gasteiger partial charge in [-0.15, -0.1) is 0 Å². The summed E-state index contributed by atoms with van der Waals surface area (Å²) < 4.78 is 0. The highest BCUT2D eigenvalue weighted by Gasteiger charge is 2.29. The normalized spacial score (nSPS) is 31.6. The average molecular weight is 219 g/mol. The summed E-state index contributed by atoms with van der Waals surface area (Å²) in [6, 6.07) is 5.11. The van der Waals surface area contributed by atoms with Gasteiger partial charge in [-0.3, -0.25) is 9.88 Å². The van der Waals surface area contributed by atoms with Crippen LogP contribution in [0.3, 0.4) is 0 Å². The van der Waals surface area contributed by atoms with Crippen molar-refractivity contribution in [2.75, 3.05) is 6.54 Å². The zero-order valence-corrected chi connectivity index (χ0v) is 10.1. The molecule has 3 unspecified atom stereocenters. The van der Waals surface area contributed by atoms with E-state index in [1.165, 1.54) is 5.56 Å². The molecule has 1 saturated heterocycles. The second-order valence-corrected chi connectivity index (χ2v) is 4.88. The molecule has 16 heavy (non-hydrogen) atoms. The van der Waals surface area contributed by atoms with Crippen molar-refractivity contribution in [1.29, 1.82) is 0 Å². The molecule has 0 radical (unpaired) electrons. The number of piperidine rings is 1. The predicted octanol–water partition coefficient (Wildman–Crippen LogP) is 1.64. The molecule has 0 amide bonds. The number of nitrogens with zero attached hydrogens (tertiary/aromatic N) is 2. The summed E-state index contributed by atoms with van der Waals surface area (Å²) in [5.41, 5.74) is 7.43. The third kappa shape index (κ3) is 2.42. The molecule has 0 saturated carbocycles. The molecule has 2 N–H and O–H groups in total. The maximum Gasteiger partial charge on any atom is 0.0271 e. The molecular weight excluding hydrogens is 198 g/mol. The Morgan fingerprint density at radius 3 is 2.75 bits per heavy atom. The van der Waals surface area contributed by atoms with E-state index in [2.05, 4.69) is 35.9 Å². The average Bonchev–Trinajstić information content (AvgIpc) is 2.31. The lowest BCUT2D eigenvalue weighted by Gasteiger charge is -2.41. The van der Waals surface area contributed by atoms with Crippen LogP contribution in [0.1, 0.15) is 25.8 Å². The summed E-state index contributed by atoms with van der Waals surface area (Å²) in [4.78, 5) is 6.56. The van der Waals surface area contributed by atoms with Gasteiger partial charge in [-0.05, 0) is 37.0 Å². The molecule has 0 aromatic carbocycles. The smallest absolute Gasteiger partial charge is 0.0271 e. The van der Waals surface area contributed by atoms with Gasteiger partial charge in [0, 0.05) is 37.6 Å². The van der Waals surface area contributed by atoms with E-state index in [1.54, 1.807) is 0 Å². The molecule has 0 aliphatic carbocycles. The molecule has 1 aromatic heterocycles. The molecule has 3 heteroatoms. The van der Waals surface area contributed by atoms with E-state index in [0.717, 1.165) is 19.5 Å². The minimum atomic E-state index is 0.365. The van der Waals surface area contributed by atoms with E-state index in [4.69, 9.17) is 5.73 Å². The Hall–Kier alpha value is -0.930. The molecule has 2 rings (SSSR count). The number of rotatable bonds is 2. The van der Waals surface area contributed by atoms with E-state index >= 15 is 0 Å². The van der Waals surface area contributed by atoms with Crippen molar-refractivity contribution in [3.63, 3.8) is 0 Å². The Labute approximate surface area is 97.7 Å². The Bertz CT molecular complexity index is 325. The van der Waals surface area contributed by atoms with Gasteiger partial charge in [-0.1, -0.05) is 6.92 Å². The number of likely N-dealkylation sites (tertiary alicyclic amines) is 1. The van der Waals surface area contributed by atoms with Gasteiger partial charge in [-0.25, -0.2) is 0 Å². The lowest BCUT2D eigenvalue weighted by Crippen LogP contribution is -2.51. The van der Waals surface area contributed by atoms with Crippen molar-refractivity contribution in [3.05, 3.63) is 30.1 Å². The first kappa shape index (κ1) is 11.6. The quantitative estimate of drug-likeness (QED) is 0.822. The van der Waals surface area contributed by atoms with E-state index < -0.39 is 0 Å². The third-order valence-corrected chi connectivity index (χ3v) is 3.90. The molecule has 0 bridgehead atoms. The molecule has 2 heterocycles. The highest BCUT2D eigenvalue weighted by atomic mass is 15.2. The maximum absolute atomic E-state index is 6.09. The van der Waals surface area contributed by atoms with Crippen molar-refractivity contribution in [3.8, 4) is 0 Å². The molecule has 3 nitrogen and oxygen atoms in total. The molecule has 1 aromatic rings. The second-order valence-electron chi connectivity index (χ2n) is 4.88. The number of aromatic nitrogens is 1. The van der Waals surface area contributed by atoms with Crippen LogP contribution in [0.2, 0.25) is 0 Å². The summed E-state index contributed by atoms with van der Waals surface area (Å²) >= 11 is 0. The van der Waals surface area contributed by atoms with Gasteiger partial charge in [0.05, 0.1) is 0 Å². The first-order valence-corrected chi connectivity index (χ1v) is 6.07. The van der Waals surface area contributed by atoms with Crippen LogP contribution in [0.15, 0.2) is 24.5 Å². The van der Waals surface area contributed by atoms with Crippen LogP contribution in [0.25, 0.3) is 0 Å². The zero-order chi connectivity index (χ0) is 11.5. The van der Waals surface area contributed by atoms with E-state index in [0.29, 0.717) is 18.0 Å². The van der Waals surface area contributed by atoms with Crippen LogP contribution in [-0.2, 0) is 6.54 Å². The monoisotopic (exact) mass is 219 g/mol. The lowest BCUT2D eigenvalue weighted by molar-refractivity contribution is 0.0910. The minimum Gasteiger partial charge on any atom is -0.327 e. The summed E-state index contributed by atoms with van der Waals surface area (Å²) in [5, 5.41) is 0. The first-order valence-electron chi connectivity index (χ1n) is 6.07. The third-order valence-electron chi connectivity index (χ3n) is 3.90. The fourth-order valence-electron chi connectivity index (χ4n) is 2.42. The Kier molecular flexibility index (Phi) is 3.56. The van der Waals surface area contributed by atoms with Crippen molar-refractivity contribution in [2.24, 2.45) is 11.7 Å². The maximum atomic E-state index is 6.09. The van der Waals surface area contributed by atoms with Gasteiger partial charge >= 0.3 is 0 Å². The number of pyridine rings is 1. The van der Waals surface area contributed by atoms with Gasteiger partial charge in [0.2, 0.25) is 0 Å². The molecule has 3 atom stereocenters. The van der Waals surface area contributed by atoms with Crippen LogP contribution in [-0.4, -0.2) is 28.5 Å². The SMILES string of the molecule is CC1C(N)CCN(Cc2ccncc2)C1C. The van der Waals surface area contributed by atoms with Crippen molar-refractivity contribution in [2.45, 2.75) is 38.9 Å². The standard InChI is InChI=1S/C13H21N3/c1-10-11(2)16(8-5-13(10)14)9-12-3-6-15-7-4-12/h3-4,6-7,10-11,13H,5,8-9,14H2,1-2H3. The van der Waals surface area contributed by atoms with Crippen LogP contribution < -0.4 is 5.73 Å². The summed E-state index contributed by atoms with van der Waals surface area (Å²) in [6.45, 7) is 6.66. The van der Waals surface area contributed by atoms with Gasteiger partial charge in [0.15, 0.2) is 0 Å². The summed E-state index contributed by atoms with van der Waals surface area (Å²) in [7, 11) is 0. The highest BCUT2D eigenvalue weighted by molar-refractivity contribution is 5.10. The Morgan fingerprint density at radius 1 is 1.38 bits per heavy atom. The van der Waals surface area contributed by atoms with E-state index in [1.807, 2.05) is 12.4 Å². The second kappa shape index (κ2) is 4.93. The van der Waals surface area contributed by atoms with Crippen molar-refractivity contribution >= 4 is 0 Å². The van der Waals surface area contributed by atoms with Crippen LogP contribution in [0.5, 0.6) is 0 Å². The Morgan fingerprint density at radius 2 is 2.06 bits per heavy atom. The van der Waals surface area contributed by atoms with Crippen molar-refractivity contribution in [1.82, 2.24) is 9.88 Å². The van der Waals surface area contributed by atoms with Crippen molar-refractivity contribution < 1.29 is 0 Å². The summed E-state index contributed by atoms with van der Waals surface area (Å²) in [5.74, 6) is 0.579. The molecule has 88 valence electrons. The lowest BCUT2D eigenvalue weighted by atomic mass is 9.87. The fourth-order valence-corrected chi connectivity index (χ4v) is 2.42. The number of hydrogen-bond donors (Lipinski definition) is 1. The van der Waals surface area contributed by atoms with Gasteiger partial charge < -0.3 is 5.73 Å². The van der Waals surface area contributed by atoms with Crippen LogP contribution >= 0.6 is 0 Å². The van der Waals surface area contributed by atoms with Crippen LogP contribution in [0, 0.1) is 5.92 Å². The molecule has 0 spiro atoms. The largest absolute Gasteiger partial charge is 0.327 e. The minimum absolute atomic E-state index is 0.365. The van der Waals surface area contributed by atoms with Gasteiger partial charge in [0.1, 0.15) is 0 Å². The molecule has 1 aliphatic rings. The highest BCUT2D eigenvalue weighted by Crippen LogP contribution is 2.23. The summed E-state index contributed by atoms with van der Waals surface area (Å²) in [6.07, 6.45) is 4.83. The molecule has 1 fully saturated rings. The van der Waals surface area contributed by atoms with E-state index in [-0.39, 0.29) is 0 Å². The number of hydrogen-bond acceptors (Lipinski definition) is 3. The number of nitrogens with two attached hydrogens (primary N) is 1. The van der Waals surface area contributed by atoms with Gasteiger partial charge in [0.25, 0.3) is 0 Å². The molecular formula is C13H21N3. The van der Waals surface area contributed by atoms with Crippen LogP contribution in [0.4, 0.5) is 0 Å². The van der Waals surface area contributed by atoms with Gasteiger partial charge in [-0.2, -0.15) is 0 Å². The Balaban J connectivity index is 2.00. The topological polar surface area (TPSA) is 42.1 Å². The molecule has 1 aliphatic heterocycles. The zero-order valence-electron chi connectivity index (χ0n) is 10.1. The predicted molar refractivity (Wildman–Crippen MR) is 65.9 cm³/mol.